The lowest BCUT2D eigenvalue weighted by Crippen LogP contribution is -2.18. The number of anilines is 1. The van der Waals surface area contributed by atoms with Gasteiger partial charge in [-0.3, -0.25) is 4.79 Å². The van der Waals surface area contributed by atoms with Crippen LogP contribution in [-0.4, -0.2) is 18.9 Å². The average Bonchev–Trinajstić information content (AvgIpc) is 2.19. The van der Waals surface area contributed by atoms with Crippen molar-refractivity contribution in [2.24, 2.45) is 0 Å². The number of hydrogen-bond acceptors (Lipinski definition) is 3. The fourth-order valence-corrected chi connectivity index (χ4v) is 1.68. The predicted molar refractivity (Wildman–Crippen MR) is 55.0 cm³/mol. The van der Waals surface area contributed by atoms with Crippen LogP contribution in [0.15, 0.2) is 18.2 Å². The van der Waals surface area contributed by atoms with Crippen molar-refractivity contribution in [2.75, 3.05) is 18.5 Å². The van der Waals surface area contributed by atoms with Gasteiger partial charge in [-0.2, -0.15) is 0 Å². The fourth-order valence-electron chi connectivity index (χ4n) is 1.68. The molecule has 3 nitrogen and oxygen atoms in total. The van der Waals surface area contributed by atoms with Crippen LogP contribution < -0.4 is 10.1 Å². The third-order valence-corrected chi connectivity index (χ3v) is 2.27. The van der Waals surface area contributed by atoms with Crippen molar-refractivity contribution >= 4 is 11.5 Å². The maximum atomic E-state index is 11.7. The number of hydrogen-bond donors (Lipinski definition) is 1. The van der Waals surface area contributed by atoms with Crippen LogP contribution in [0.3, 0.4) is 0 Å². The smallest absolute Gasteiger partial charge is 0.170 e. The number of rotatable bonds is 2. The van der Waals surface area contributed by atoms with Gasteiger partial charge in [0.1, 0.15) is 5.75 Å². The summed E-state index contributed by atoms with van der Waals surface area (Å²) in [5.74, 6) is 0.866. The molecule has 2 rings (SSSR count). The molecular formula is C11H13NO2. The van der Waals surface area contributed by atoms with Crippen molar-refractivity contribution in [3.63, 3.8) is 0 Å². The Morgan fingerprint density at radius 2 is 2.36 bits per heavy atom. The van der Waals surface area contributed by atoms with Gasteiger partial charge >= 0.3 is 0 Å². The zero-order valence-electron chi connectivity index (χ0n) is 8.17. The van der Waals surface area contributed by atoms with E-state index in [1.54, 1.807) is 0 Å². The summed E-state index contributed by atoms with van der Waals surface area (Å²) < 4.78 is 5.41. The van der Waals surface area contributed by atoms with Gasteiger partial charge in [-0.25, -0.2) is 0 Å². The molecule has 1 N–H and O–H groups in total. The molecule has 0 saturated carbocycles. The Bertz CT molecular complexity index is 360. The molecule has 1 aliphatic rings. The number of ether oxygens (including phenoxy) is 1. The lowest BCUT2D eigenvalue weighted by atomic mass is 10.0. The second kappa shape index (κ2) is 3.70. The van der Waals surface area contributed by atoms with Gasteiger partial charge in [0, 0.05) is 18.7 Å². The number of fused-ring (bicyclic) bond motifs is 1. The van der Waals surface area contributed by atoms with Gasteiger partial charge in [-0.1, -0.05) is 6.07 Å². The minimum atomic E-state index is 0.169. The van der Waals surface area contributed by atoms with Crippen LogP contribution in [0.4, 0.5) is 5.69 Å². The third-order valence-electron chi connectivity index (χ3n) is 2.27. The Labute approximate surface area is 83.1 Å². The molecule has 14 heavy (non-hydrogen) atoms. The van der Waals surface area contributed by atoms with E-state index in [0.29, 0.717) is 24.3 Å². The predicted octanol–water partition coefficient (Wildman–Crippen LogP) is 2.08. The lowest BCUT2D eigenvalue weighted by molar-refractivity contribution is 0.0980. The molecule has 0 fully saturated rings. The summed E-state index contributed by atoms with van der Waals surface area (Å²) in [5.41, 5.74) is 1.60. The molecule has 0 bridgehead atoms. The molecule has 0 aromatic heterocycles. The van der Waals surface area contributed by atoms with E-state index in [1.165, 1.54) is 0 Å². The molecule has 0 unspecified atom stereocenters. The Hall–Kier alpha value is -1.51. The third kappa shape index (κ3) is 1.45. The van der Waals surface area contributed by atoms with Crippen LogP contribution in [-0.2, 0) is 0 Å². The highest BCUT2D eigenvalue weighted by atomic mass is 16.5. The first-order chi connectivity index (χ1) is 6.83. The largest absolute Gasteiger partial charge is 0.493 e. The molecule has 3 heteroatoms. The first-order valence-corrected chi connectivity index (χ1v) is 4.86. The van der Waals surface area contributed by atoms with Gasteiger partial charge in [0.2, 0.25) is 0 Å². The molecule has 0 spiro atoms. The van der Waals surface area contributed by atoms with Crippen molar-refractivity contribution in [1.29, 1.82) is 0 Å². The first kappa shape index (κ1) is 9.06. The van der Waals surface area contributed by atoms with E-state index in [2.05, 4.69) is 5.32 Å². The summed E-state index contributed by atoms with van der Waals surface area (Å²) in [7, 11) is 0. The molecule has 1 aromatic rings. The van der Waals surface area contributed by atoms with E-state index >= 15 is 0 Å². The molecular weight excluding hydrogens is 178 g/mol. The van der Waals surface area contributed by atoms with E-state index in [-0.39, 0.29) is 5.78 Å². The molecule has 0 saturated heterocycles. The number of carbonyl (C=O) groups excluding carboxylic acids is 1. The monoisotopic (exact) mass is 191 g/mol. The Morgan fingerprint density at radius 3 is 3.14 bits per heavy atom. The molecule has 0 radical (unpaired) electrons. The van der Waals surface area contributed by atoms with Gasteiger partial charge in [-0.05, 0) is 19.1 Å². The zero-order valence-corrected chi connectivity index (χ0v) is 8.17. The van der Waals surface area contributed by atoms with Crippen LogP contribution in [0.5, 0.6) is 5.75 Å². The number of ketones is 1. The first-order valence-electron chi connectivity index (χ1n) is 4.86. The van der Waals surface area contributed by atoms with Crippen molar-refractivity contribution in [3.8, 4) is 5.75 Å². The molecule has 0 aliphatic carbocycles. The lowest BCUT2D eigenvalue weighted by Gasteiger charge is -2.19. The maximum absolute atomic E-state index is 11.7. The number of Topliss-reactive ketones (excluding diaryl/α,β-unsaturated/α-hetero) is 1. The summed E-state index contributed by atoms with van der Waals surface area (Å²) in [4.78, 5) is 11.7. The van der Waals surface area contributed by atoms with E-state index in [1.807, 2.05) is 25.1 Å². The minimum Gasteiger partial charge on any atom is -0.493 e. The standard InChI is InChI=1S/C11H13NO2/c1-2-14-10-5-3-4-8-11(10)9(13)6-7-12-8/h3-5,12H,2,6-7H2,1H3. The summed E-state index contributed by atoms with van der Waals surface area (Å²) in [6, 6.07) is 5.65. The second-order valence-corrected chi connectivity index (χ2v) is 3.21. The van der Waals surface area contributed by atoms with Gasteiger partial charge in [0.25, 0.3) is 0 Å². The van der Waals surface area contributed by atoms with E-state index < -0.39 is 0 Å². The highest BCUT2D eigenvalue weighted by Gasteiger charge is 2.20. The Morgan fingerprint density at radius 1 is 1.50 bits per heavy atom. The average molecular weight is 191 g/mol. The van der Waals surface area contributed by atoms with Gasteiger partial charge in [0.15, 0.2) is 5.78 Å². The maximum Gasteiger partial charge on any atom is 0.170 e. The van der Waals surface area contributed by atoms with Crippen LogP contribution in [0, 0.1) is 0 Å². The molecule has 1 aromatic carbocycles. The van der Waals surface area contributed by atoms with Crippen molar-refractivity contribution in [2.45, 2.75) is 13.3 Å². The fraction of sp³-hybridized carbons (Fsp3) is 0.364. The summed E-state index contributed by atoms with van der Waals surface area (Å²) in [5, 5.41) is 3.19. The van der Waals surface area contributed by atoms with Crippen molar-refractivity contribution < 1.29 is 9.53 Å². The normalized spacial score (nSPS) is 14.5. The highest BCUT2D eigenvalue weighted by Crippen LogP contribution is 2.30. The van der Waals surface area contributed by atoms with Gasteiger partial charge in [-0.15, -0.1) is 0 Å². The Kier molecular flexibility index (Phi) is 2.39. The summed E-state index contributed by atoms with van der Waals surface area (Å²) >= 11 is 0. The quantitative estimate of drug-likeness (QED) is 0.777. The van der Waals surface area contributed by atoms with Crippen LogP contribution in [0.25, 0.3) is 0 Å². The van der Waals surface area contributed by atoms with E-state index in [9.17, 15) is 4.79 Å². The van der Waals surface area contributed by atoms with E-state index in [0.717, 1.165) is 12.2 Å². The van der Waals surface area contributed by atoms with Crippen LogP contribution in [0.2, 0.25) is 0 Å². The minimum absolute atomic E-state index is 0.169. The molecule has 0 amide bonds. The number of carbonyl (C=O) groups is 1. The molecule has 0 atom stereocenters. The molecule has 1 aliphatic heterocycles. The summed E-state index contributed by atoms with van der Waals surface area (Å²) in [6.45, 7) is 3.23. The molecule has 1 heterocycles. The zero-order chi connectivity index (χ0) is 9.97. The van der Waals surface area contributed by atoms with Crippen LogP contribution >= 0.6 is 0 Å². The number of benzene rings is 1. The highest BCUT2D eigenvalue weighted by molar-refractivity contribution is 6.05. The number of nitrogens with one attached hydrogen (secondary N) is 1. The van der Waals surface area contributed by atoms with Gasteiger partial charge < -0.3 is 10.1 Å². The molecule has 74 valence electrons. The topological polar surface area (TPSA) is 38.3 Å². The second-order valence-electron chi connectivity index (χ2n) is 3.21. The van der Waals surface area contributed by atoms with E-state index in [4.69, 9.17) is 4.74 Å². The SMILES string of the molecule is CCOc1cccc2c1C(=O)CCN2. The van der Waals surface area contributed by atoms with Crippen molar-refractivity contribution in [3.05, 3.63) is 23.8 Å². The Balaban J connectivity index is 2.46. The van der Waals surface area contributed by atoms with Gasteiger partial charge in [0.05, 0.1) is 12.2 Å². The van der Waals surface area contributed by atoms with Crippen molar-refractivity contribution in [1.82, 2.24) is 0 Å². The van der Waals surface area contributed by atoms with Crippen LogP contribution in [0.1, 0.15) is 23.7 Å². The summed E-state index contributed by atoms with van der Waals surface area (Å²) in [6.07, 6.45) is 0.553.